The zero-order valence-electron chi connectivity index (χ0n) is 17.0. The number of aromatic nitrogens is 4. The van der Waals surface area contributed by atoms with Crippen molar-refractivity contribution in [1.82, 2.24) is 24.6 Å². The molecule has 2 aromatic heterocycles. The molecule has 0 spiro atoms. The lowest BCUT2D eigenvalue weighted by atomic mass is 9.86. The molecular formula is C24H26FN5. The number of halogens is 1. The van der Waals surface area contributed by atoms with Crippen LogP contribution in [0.15, 0.2) is 67.4 Å². The molecule has 1 aliphatic heterocycles. The number of benzene rings is 2. The van der Waals surface area contributed by atoms with Crippen LogP contribution in [-0.4, -0.2) is 44.3 Å². The van der Waals surface area contributed by atoms with E-state index in [2.05, 4.69) is 44.5 Å². The number of rotatable bonds is 6. The lowest BCUT2D eigenvalue weighted by Gasteiger charge is -2.36. The Morgan fingerprint density at radius 2 is 1.77 bits per heavy atom. The molecule has 1 aliphatic rings. The zero-order valence-corrected chi connectivity index (χ0v) is 17.0. The van der Waals surface area contributed by atoms with Crippen molar-refractivity contribution in [3.63, 3.8) is 0 Å². The van der Waals surface area contributed by atoms with Crippen LogP contribution in [0.4, 0.5) is 4.39 Å². The van der Waals surface area contributed by atoms with Gasteiger partial charge >= 0.3 is 0 Å². The Morgan fingerprint density at radius 3 is 2.53 bits per heavy atom. The van der Waals surface area contributed by atoms with Gasteiger partial charge in [0.1, 0.15) is 18.3 Å². The molecule has 0 unspecified atom stereocenters. The smallest absolute Gasteiger partial charge is 0.138 e. The second kappa shape index (κ2) is 8.03. The van der Waals surface area contributed by atoms with Crippen molar-refractivity contribution in [2.45, 2.75) is 31.4 Å². The molecular weight excluding hydrogens is 377 g/mol. The molecule has 0 radical (unpaired) electrons. The van der Waals surface area contributed by atoms with Crippen molar-refractivity contribution in [2.24, 2.45) is 0 Å². The predicted molar refractivity (Wildman–Crippen MR) is 116 cm³/mol. The lowest BCUT2D eigenvalue weighted by molar-refractivity contribution is 0.0556. The van der Waals surface area contributed by atoms with Crippen LogP contribution < -0.4 is 0 Å². The van der Waals surface area contributed by atoms with Gasteiger partial charge < -0.3 is 9.88 Å². The average Bonchev–Trinajstić information content (AvgIpc) is 3.46. The minimum absolute atomic E-state index is 0.576. The maximum atomic E-state index is 15.3. The molecule has 5 nitrogen and oxygen atoms in total. The van der Waals surface area contributed by atoms with E-state index in [0.717, 1.165) is 49.2 Å². The van der Waals surface area contributed by atoms with Gasteiger partial charge in [0, 0.05) is 35.9 Å². The minimum atomic E-state index is -1.17. The van der Waals surface area contributed by atoms with E-state index in [4.69, 9.17) is 0 Å². The van der Waals surface area contributed by atoms with E-state index in [1.54, 1.807) is 12.7 Å². The topological polar surface area (TPSA) is 49.7 Å². The number of aromatic amines is 1. The molecule has 2 aromatic carbocycles. The second-order valence-electron chi connectivity index (χ2n) is 8.19. The third kappa shape index (κ3) is 3.75. The maximum Gasteiger partial charge on any atom is 0.138 e. The Bertz CT molecular complexity index is 1100. The van der Waals surface area contributed by atoms with E-state index in [-0.39, 0.29) is 0 Å². The molecule has 0 saturated carbocycles. The quantitative estimate of drug-likeness (QED) is 0.510. The molecule has 0 bridgehead atoms. The Balaban J connectivity index is 1.19. The number of likely N-dealkylation sites (tertiary alicyclic amines) is 1. The zero-order chi connectivity index (χ0) is 20.4. The van der Waals surface area contributed by atoms with Gasteiger partial charge in [0.15, 0.2) is 0 Å². The highest BCUT2D eigenvalue weighted by Gasteiger charge is 2.35. The maximum absolute atomic E-state index is 15.3. The first-order valence-electron chi connectivity index (χ1n) is 10.6. The summed E-state index contributed by atoms with van der Waals surface area (Å²) < 4.78 is 17.2. The number of H-pyrrole nitrogens is 1. The van der Waals surface area contributed by atoms with Gasteiger partial charge in [0.25, 0.3) is 0 Å². The Hall–Kier alpha value is -2.99. The third-order valence-corrected chi connectivity index (χ3v) is 6.33. The molecule has 0 atom stereocenters. The van der Waals surface area contributed by atoms with E-state index < -0.39 is 5.67 Å². The van der Waals surface area contributed by atoms with Crippen LogP contribution in [0.3, 0.4) is 0 Å². The van der Waals surface area contributed by atoms with Crippen molar-refractivity contribution >= 4 is 10.9 Å². The fourth-order valence-corrected chi connectivity index (χ4v) is 4.52. The van der Waals surface area contributed by atoms with Crippen LogP contribution in [0.5, 0.6) is 0 Å². The van der Waals surface area contributed by atoms with Crippen LogP contribution >= 0.6 is 0 Å². The molecule has 6 heteroatoms. The van der Waals surface area contributed by atoms with Crippen LogP contribution in [0.25, 0.3) is 16.6 Å². The first kappa shape index (κ1) is 19.0. The molecule has 1 N–H and O–H groups in total. The van der Waals surface area contributed by atoms with Crippen LogP contribution in [-0.2, 0) is 12.1 Å². The summed E-state index contributed by atoms with van der Waals surface area (Å²) in [5, 5.41) is 9.03. The third-order valence-electron chi connectivity index (χ3n) is 6.33. The van der Waals surface area contributed by atoms with Gasteiger partial charge in [-0.2, -0.15) is 0 Å². The number of piperidine rings is 1. The predicted octanol–water partition coefficient (Wildman–Crippen LogP) is 4.64. The number of hydrogen-bond acceptors (Lipinski definition) is 3. The first-order valence-corrected chi connectivity index (χ1v) is 10.6. The summed E-state index contributed by atoms with van der Waals surface area (Å²) in [5.74, 6) is 0. The highest BCUT2D eigenvalue weighted by molar-refractivity contribution is 5.85. The van der Waals surface area contributed by atoms with Crippen molar-refractivity contribution < 1.29 is 4.39 Å². The summed E-state index contributed by atoms with van der Waals surface area (Å²) in [5.41, 5.74) is 3.18. The Morgan fingerprint density at radius 1 is 1.00 bits per heavy atom. The molecule has 0 amide bonds. The second-order valence-corrected chi connectivity index (χ2v) is 8.19. The fraction of sp³-hybridized carbons (Fsp3) is 0.333. The van der Waals surface area contributed by atoms with Gasteiger partial charge in [-0.15, -0.1) is 10.2 Å². The van der Waals surface area contributed by atoms with E-state index in [9.17, 15) is 0 Å². The molecule has 1 saturated heterocycles. The number of nitrogens with one attached hydrogen (secondary N) is 1. The van der Waals surface area contributed by atoms with Gasteiger partial charge in [0.05, 0.1) is 0 Å². The molecule has 5 rings (SSSR count). The average molecular weight is 404 g/mol. The highest BCUT2D eigenvalue weighted by atomic mass is 19.1. The summed E-state index contributed by atoms with van der Waals surface area (Å²) in [6.45, 7) is 2.64. The van der Waals surface area contributed by atoms with Crippen molar-refractivity contribution in [1.29, 1.82) is 0 Å². The molecule has 1 fully saturated rings. The molecule has 3 heterocycles. The van der Waals surface area contributed by atoms with Crippen LogP contribution in [0.2, 0.25) is 0 Å². The van der Waals surface area contributed by atoms with Crippen LogP contribution in [0, 0.1) is 0 Å². The Labute approximate surface area is 175 Å². The van der Waals surface area contributed by atoms with Crippen molar-refractivity contribution in [3.8, 4) is 5.69 Å². The summed E-state index contributed by atoms with van der Waals surface area (Å²) in [6.07, 6.45) is 8.75. The largest absolute Gasteiger partial charge is 0.361 e. The molecule has 0 aliphatic carbocycles. The fourth-order valence-electron chi connectivity index (χ4n) is 4.52. The molecule has 30 heavy (non-hydrogen) atoms. The Kier molecular flexibility index (Phi) is 5.09. The van der Waals surface area contributed by atoms with Gasteiger partial charge in [-0.3, -0.25) is 4.57 Å². The normalized spacial score (nSPS) is 16.8. The lowest BCUT2D eigenvalue weighted by Crippen LogP contribution is -2.40. The van der Waals surface area contributed by atoms with E-state index in [0.29, 0.717) is 12.8 Å². The van der Waals surface area contributed by atoms with Gasteiger partial charge in [0.2, 0.25) is 0 Å². The summed E-state index contributed by atoms with van der Waals surface area (Å²) in [6, 6.07) is 16.0. The standard InChI is InChI=1S/C24H26FN5/c25-24(20-6-2-1-3-7-20)10-13-29(14-11-24)12-4-5-19-16-26-23-9-8-21(15-22(19)23)30-17-27-28-18-30/h1-3,6-9,15-18,26H,4-5,10-14H2. The number of hydrogen-bond donors (Lipinski definition) is 1. The van der Waals surface area contributed by atoms with E-state index >= 15 is 4.39 Å². The number of alkyl halides is 1. The van der Waals surface area contributed by atoms with Gasteiger partial charge in [-0.05, 0) is 61.6 Å². The van der Waals surface area contributed by atoms with E-state index in [1.807, 2.05) is 34.9 Å². The van der Waals surface area contributed by atoms with E-state index in [1.165, 1.54) is 10.9 Å². The summed E-state index contributed by atoms with van der Waals surface area (Å²) in [4.78, 5) is 5.78. The molecule has 154 valence electrons. The number of aryl methyl sites for hydroxylation is 1. The minimum Gasteiger partial charge on any atom is -0.361 e. The molecule has 4 aromatic rings. The number of nitrogens with zero attached hydrogens (tertiary/aromatic N) is 4. The van der Waals surface area contributed by atoms with Crippen molar-refractivity contribution in [2.75, 3.05) is 19.6 Å². The highest BCUT2D eigenvalue weighted by Crippen LogP contribution is 2.36. The monoisotopic (exact) mass is 403 g/mol. The summed E-state index contributed by atoms with van der Waals surface area (Å²) in [7, 11) is 0. The van der Waals surface area contributed by atoms with Crippen LogP contribution in [0.1, 0.15) is 30.4 Å². The summed E-state index contributed by atoms with van der Waals surface area (Å²) >= 11 is 0. The van der Waals surface area contributed by atoms with Gasteiger partial charge in [-0.25, -0.2) is 4.39 Å². The first-order chi connectivity index (χ1) is 14.7. The van der Waals surface area contributed by atoms with Gasteiger partial charge in [-0.1, -0.05) is 30.3 Å². The number of fused-ring (bicyclic) bond motifs is 1. The SMILES string of the molecule is FC1(c2ccccc2)CCN(CCCc2c[nH]c3ccc(-n4cnnc4)cc23)CC1. The van der Waals surface area contributed by atoms with Crippen molar-refractivity contribution in [3.05, 3.63) is 78.5 Å².